The van der Waals surface area contributed by atoms with Crippen LogP contribution in [0.4, 0.5) is 13.2 Å². The summed E-state index contributed by atoms with van der Waals surface area (Å²) in [5.74, 6) is 0. The van der Waals surface area contributed by atoms with Crippen LogP contribution < -0.4 is 10.6 Å². The van der Waals surface area contributed by atoms with Gasteiger partial charge >= 0.3 is 6.18 Å². The summed E-state index contributed by atoms with van der Waals surface area (Å²) >= 11 is 0. The van der Waals surface area contributed by atoms with E-state index in [4.69, 9.17) is 0 Å². The molecule has 1 aliphatic carbocycles. The van der Waals surface area contributed by atoms with Crippen LogP contribution in [0.1, 0.15) is 0 Å². The van der Waals surface area contributed by atoms with E-state index in [0.29, 0.717) is 17.0 Å². The third-order valence-electron chi connectivity index (χ3n) is 2.83. The Morgan fingerprint density at radius 2 is 2.00 bits per heavy atom. The molecule has 0 radical (unpaired) electrons. The van der Waals surface area contributed by atoms with Crippen LogP contribution in [0.2, 0.25) is 0 Å². The Morgan fingerprint density at radius 3 is 2.80 bits per heavy atom. The Kier molecular flexibility index (Phi) is 2.93. The van der Waals surface area contributed by atoms with Gasteiger partial charge in [0.15, 0.2) is 0 Å². The summed E-state index contributed by atoms with van der Waals surface area (Å²) in [4.78, 5) is 8.78. The predicted molar refractivity (Wildman–Crippen MR) is 67.3 cm³/mol. The maximum absolute atomic E-state index is 12.1. The number of nitrogens with zero attached hydrogens (tertiary/aromatic N) is 2. The number of hydrogen-bond acceptors (Lipinski definition) is 3. The van der Waals surface area contributed by atoms with Crippen LogP contribution in [0.5, 0.6) is 0 Å². The van der Waals surface area contributed by atoms with Crippen molar-refractivity contribution in [2.45, 2.75) is 6.18 Å². The molecule has 1 aromatic rings. The molecule has 0 unspecified atom stereocenters. The lowest BCUT2D eigenvalue weighted by Crippen LogP contribution is -2.24. The molecule has 0 atom stereocenters. The van der Waals surface area contributed by atoms with E-state index in [2.05, 4.69) is 15.0 Å². The minimum absolute atomic E-state index is 0.348. The first-order valence-corrected chi connectivity index (χ1v) is 5.88. The summed E-state index contributed by atoms with van der Waals surface area (Å²) in [5, 5.41) is 5.21. The number of alkyl halides is 3. The SMILES string of the molecule is FC(F)(F)CON=C1C=CC=C2N=c3ccccc3=C21. The molecule has 0 fully saturated rings. The van der Waals surface area contributed by atoms with Gasteiger partial charge in [-0.3, -0.25) is 0 Å². The fourth-order valence-corrected chi connectivity index (χ4v) is 2.06. The minimum atomic E-state index is -4.40. The lowest BCUT2D eigenvalue weighted by Gasteiger charge is -2.09. The zero-order chi connectivity index (χ0) is 14.2. The van der Waals surface area contributed by atoms with Crippen molar-refractivity contribution in [1.82, 2.24) is 0 Å². The third-order valence-corrected chi connectivity index (χ3v) is 2.83. The van der Waals surface area contributed by atoms with Gasteiger partial charge in [0.2, 0.25) is 6.61 Å². The molecule has 0 saturated heterocycles. The van der Waals surface area contributed by atoms with Crippen LogP contribution in [0.3, 0.4) is 0 Å². The zero-order valence-electron chi connectivity index (χ0n) is 10.2. The number of benzene rings is 1. The van der Waals surface area contributed by atoms with Gasteiger partial charge in [-0.05, 0) is 18.2 Å². The van der Waals surface area contributed by atoms with E-state index in [9.17, 15) is 13.2 Å². The van der Waals surface area contributed by atoms with Crippen LogP contribution in [0.15, 0.2) is 58.3 Å². The Labute approximate surface area is 112 Å². The highest BCUT2D eigenvalue weighted by Crippen LogP contribution is 2.21. The highest BCUT2D eigenvalue weighted by atomic mass is 19.4. The van der Waals surface area contributed by atoms with E-state index in [1.54, 1.807) is 18.2 Å². The summed E-state index contributed by atoms with van der Waals surface area (Å²) in [6.07, 6.45) is 0.679. The maximum atomic E-state index is 12.1. The highest BCUT2D eigenvalue weighted by molar-refractivity contribution is 6.30. The first-order valence-electron chi connectivity index (χ1n) is 5.88. The molecule has 20 heavy (non-hydrogen) atoms. The standard InChI is InChI=1S/C14H9F3N2O/c15-14(16,17)8-20-19-12-7-3-6-11-13(12)9-4-1-2-5-10(9)18-11/h1-7H,8H2. The van der Waals surface area contributed by atoms with Crippen molar-refractivity contribution < 1.29 is 18.0 Å². The average Bonchev–Trinajstić information content (AvgIpc) is 2.76. The third kappa shape index (κ3) is 2.36. The van der Waals surface area contributed by atoms with Crippen molar-refractivity contribution in [2.75, 3.05) is 6.61 Å². The first-order chi connectivity index (χ1) is 9.54. The molecule has 3 nitrogen and oxygen atoms in total. The number of fused-ring (bicyclic) bond motifs is 2. The van der Waals surface area contributed by atoms with Crippen molar-refractivity contribution in [3.63, 3.8) is 0 Å². The van der Waals surface area contributed by atoms with Gasteiger partial charge in [0, 0.05) is 10.8 Å². The molecule has 0 spiro atoms. The quantitative estimate of drug-likeness (QED) is 0.760. The van der Waals surface area contributed by atoms with Crippen molar-refractivity contribution >= 4 is 11.3 Å². The molecule has 1 aromatic carbocycles. The van der Waals surface area contributed by atoms with E-state index >= 15 is 0 Å². The minimum Gasteiger partial charge on any atom is -0.386 e. The molecule has 1 heterocycles. The monoisotopic (exact) mass is 278 g/mol. The van der Waals surface area contributed by atoms with Crippen LogP contribution in [0, 0.1) is 0 Å². The number of halogens is 3. The van der Waals surface area contributed by atoms with E-state index in [0.717, 1.165) is 10.6 Å². The van der Waals surface area contributed by atoms with Crippen LogP contribution >= 0.6 is 0 Å². The molecule has 0 bridgehead atoms. The molecule has 0 amide bonds. The van der Waals surface area contributed by atoms with Gasteiger partial charge in [-0.1, -0.05) is 29.4 Å². The van der Waals surface area contributed by atoms with E-state index in [1.165, 1.54) is 0 Å². The van der Waals surface area contributed by atoms with Gasteiger partial charge < -0.3 is 4.84 Å². The van der Waals surface area contributed by atoms with Gasteiger partial charge in [0.05, 0.1) is 11.1 Å². The van der Waals surface area contributed by atoms with Gasteiger partial charge in [-0.15, -0.1) is 0 Å². The van der Waals surface area contributed by atoms with Gasteiger partial charge in [0.25, 0.3) is 0 Å². The Hall–Kier alpha value is -2.37. The number of rotatable bonds is 2. The molecule has 2 aliphatic rings. The molecule has 1 aliphatic heterocycles. The van der Waals surface area contributed by atoms with E-state index < -0.39 is 12.8 Å². The Morgan fingerprint density at radius 1 is 1.20 bits per heavy atom. The van der Waals surface area contributed by atoms with Crippen LogP contribution in [-0.4, -0.2) is 18.5 Å². The lowest BCUT2D eigenvalue weighted by molar-refractivity contribution is -0.173. The normalized spacial score (nSPS) is 18.4. The summed E-state index contributed by atoms with van der Waals surface area (Å²) in [6.45, 7) is -1.41. The molecule has 0 aromatic heterocycles. The number of para-hydroxylation sites is 1. The smallest absolute Gasteiger partial charge is 0.386 e. The summed E-state index contributed by atoms with van der Waals surface area (Å²) in [6, 6.07) is 7.39. The van der Waals surface area contributed by atoms with Gasteiger partial charge in [-0.25, -0.2) is 4.99 Å². The lowest BCUT2D eigenvalue weighted by atomic mass is 10.0. The molecular weight excluding hydrogens is 269 g/mol. The largest absolute Gasteiger partial charge is 0.425 e. The molecular formula is C14H9F3N2O. The Balaban J connectivity index is 1.99. The number of allylic oxidation sites excluding steroid dienone is 4. The van der Waals surface area contributed by atoms with Gasteiger partial charge in [0.1, 0.15) is 5.71 Å². The fourth-order valence-electron chi connectivity index (χ4n) is 2.06. The second-order valence-electron chi connectivity index (χ2n) is 4.28. The van der Waals surface area contributed by atoms with Crippen LogP contribution in [-0.2, 0) is 4.84 Å². The second kappa shape index (κ2) is 4.63. The summed E-state index contributed by atoms with van der Waals surface area (Å²) in [7, 11) is 0. The van der Waals surface area contributed by atoms with Crippen molar-refractivity contribution in [3.8, 4) is 0 Å². The predicted octanol–water partition coefficient (Wildman–Crippen LogP) is 1.86. The first kappa shape index (κ1) is 12.7. The molecule has 0 N–H and O–H groups in total. The van der Waals surface area contributed by atoms with Crippen molar-refractivity contribution in [2.24, 2.45) is 10.1 Å². The highest BCUT2D eigenvalue weighted by Gasteiger charge is 2.29. The molecule has 102 valence electrons. The topological polar surface area (TPSA) is 34.0 Å². The Bertz CT molecular complexity index is 757. The van der Waals surface area contributed by atoms with Gasteiger partial charge in [-0.2, -0.15) is 13.2 Å². The number of oxime groups is 1. The van der Waals surface area contributed by atoms with E-state index in [-0.39, 0.29) is 0 Å². The molecule has 0 saturated carbocycles. The zero-order valence-corrected chi connectivity index (χ0v) is 10.2. The van der Waals surface area contributed by atoms with Crippen molar-refractivity contribution in [3.05, 3.63) is 58.8 Å². The number of hydrogen-bond donors (Lipinski definition) is 0. The molecule has 6 heteroatoms. The molecule has 3 rings (SSSR count). The fraction of sp³-hybridized carbons (Fsp3) is 0.143. The van der Waals surface area contributed by atoms with Crippen LogP contribution in [0.25, 0.3) is 5.57 Å². The summed E-state index contributed by atoms with van der Waals surface area (Å²) in [5.41, 5.74) is 1.73. The van der Waals surface area contributed by atoms with E-state index in [1.807, 2.05) is 24.3 Å². The average molecular weight is 278 g/mol. The second-order valence-corrected chi connectivity index (χ2v) is 4.28. The maximum Gasteiger partial charge on any atom is 0.425 e. The summed E-state index contributed by atoms with van der Waals surface area (Å²) < 4.78 is 36.2. The van der Waals surface area contributed by atoms with Crippen molar-refractivity contribution in [1.29, 1.82) is 0 Å².